The van der Waals surface area contributed by atoms with Gasteiger partial charge in [-0.15, -0.1) is 11.3 Å². The second-order valence-corrected chi connectivity index (χ2v) is 7.37. The number of likely N-dealkylation sites (tertiary alicyclic amines) is 1. The van der Waals surface area contributed by atoms with Crippen molar-refractivity contribution in [2.75, 3.05) is 13.1 Å². The van der Waals surface area contributed by atoms with Crippen molar-refractivity contribution in [3.05, 3.63) is 33.5 Å². The van der Waals surface area contributed by atoms with Crippen LogP contribution in [-0.4, -0.2) is 39.1 Å². The number of aromatic amines is 1. The second kappa shape index (κ2) is 6.80. The molecule has 3 heterocycles. The van der Waals surface area contributed by atoms with Crippen LogP contribution in [0.15, 0.2) is 11.4 Å². The predicted molar refractivity (Wildman–Crippen MR) is 90.6 cm³/mol. The summed E-state index contributed by atoms with van der Waals surface area (Å²) in [5.41, 5.74) is 7.75. The zero-order valence-electron chi connectivity index (χ0n) is 13.6. The van der Waals surface area contributed by atoms with E-state index in [-0.39, 0.29) is 0 Å². The summed E-state index contributed by atoms with van der Waals surface area (Å²) in [5, 5.41) is 10.3. The molecule has 0 bridgehead atoms. The van der Waals surface area contributed by atoms with E-state index in [1.165, 1.54) is 5.01 Å². The number of hydrogen-bond acceptors (Lipinski definition) is 5. The fourth-order valence-electron chi connectivity index (χ4n) is 3.01. The highest BCUT2D eigenvalue weighted by Gasteiger charge is 2.24. The minimum absolute atomic E-state index is 0.318. The van der Waals surface area contributed by atoms with E-state index < -0.39 is 5.91 Å². The molecule has 0 aliphatic carbocycles. The van der Waals surface area contributed by atoms with Gasteiger partial charge in [-0.3, -0.25) is 14.8 Å². The lowest BCUT2D eigenvalue weighted by atomic mass is 9.94. The minimum Gasteiger partial charge on any atom is -0.364 e. The minimum atomic E-state index is -0.483. The van der Waals surface area contributed by atoms with E-state index in [1.54, 1.807) is 17.4 Å². The summed E-state index contributed by atoms with van der Waals surface area (Å²) in [4.78, 5) is 18.3. The summed E-state index contributed by atoms with van der Waals surface area (Å²) in [6.45, 7) is 7.27. The lowest BCUT2D eigenvalue weighted by Gasteiger charge is -2.31. The van der Waals surface area contributed by atoms with Crippen LogP contribution in [0.25, 0.3) is 0 Å². The molecule has 1 saturated heterocycles. The number of nitrogens with zero attached hydrogens (tertiary/aromatic N) is 3. The molecule has 2 aromatic heterocycles. The molecular weight excluding hydrogens is 310 g/mol. The first-order valence-electron chi connectivity index (χ1n) is 8.04. The molecule has 0 aromatic carbocycles. The molecule has 2 aromatic rings. The zero-order chi connectivity index (χ0) is 16.4. The first-order chi connectivity index (χ1) is 11.0. The van der Waals surface area contributed by atoms with Crippen LogP contribution in [0, 0.1) is 0 Å². The molecule has 7 heteroatoms. The first kappa shape index (κ1) is 16.1. The van der Waals surface area contributed by atoms with Crippen LogP contribution in [0.3, 0.4) is 0 Å². The van der Waals surface area contributed by atoms with Crippen LogP contribution in [0.5, 0.6) is 0 Å². The third-order valence-corrected chi connectivity index (χ3v) is 5.44. The Balaban J connectivity index is 1.64. The number of carbonyl (C=O) groups is 1. The Kier molecular flexibility index (Phi) is 4.77. The van der Waals surface area contributed by atoms with Gasteiger partial charge in [0.15, 0.2) is 0 Å². The first-order valence-corrected chi connectivity index (χ1v) is 8.92. The van der Waals surface area contributed by atoms with Crippen molar-refractivity contribution in [1.29, 1.82) is 0 Å². The summed E-state index contributed by atoms with van der Waals surface area (Å²) in [6, 6.07) is 1.79. The van der Waals surface area contributed by atoms with Gasteiger partial charge in [0.2, 0.25) is 0 Å². The lowest BCUT2D eigenvalue weighted by molar-refractivity contribution is 0.0995. The highest BCUT2D eigenvalue weighted by molar-refractivity contribution is 7.09. The number of nitrogens with two attached hydrogens (primary N) is 1. The quantitative estimate of drug-likeness (QED) is 0.880. The van der Waals surface area contributed by atoms with Crippen molar-refractivity contribution in [1.82, 2.24) is 20.1 Å². The standard InChI is InChI=1S/C16H23N5OS/c1-10(2)16-18-12(9-23-16)8-21-5-3-4-11(7-21)13-6-14(15(17)22)20-19-13/h6,9-11H,3-5,7-8H2,1-2H3,(H2,17,22)(H,19,20)/t11-/m0/s1. The van der Waals surface area contributed by atoms with Gasteiger partial charge in [-0.05, 0) is 25.5 Å². The van der Waals surface area contributed by atoms with Gasteiger partial charge in [0.05, 0.1) is 10.7 Å². The van der Waals surface area contributed by atoms with E-state index in [0.717, 1.165) is 43.9 Å². The van der Waals surface area contributed by atoms with Gasteiger partial charge in [0.1, 0.15) is 5.69 Å². The van der Waals surface area contributed by atoms with Crippen molar-refractivity contribution < 1.29 is 4.79 Å². The number of primary amides is 1. The number of amides is 1. The highest BCUT2D eigenvalue weighted by Crippen LogP contribution is 2.27. The number of H-pyrrole nitrogens is 1. The molecule has 3 rings (SSSR count). The second-order valence-electron chi connectivity index (χ2n) is 6.48. The molecule has 1 fully saturated rings. The van der Waals surface area contributed by atoms with Crippen molar-refractivity contribution >= 4 is 17.2 Å². The van der Waals surface area contributed by atoms with E-state index >= 15 is 0 Å². The van der Waals surface area contributed by atoms with Gasteiger partial charge in [-0.2, -0.15) is 5.10 Å². The molecule has 0 radical (unpaired) electrons. The lowest BCUT2D eigenvalue weighted by Crippen LogP contribution is -2.34. The van der Waals surface area contributed by atoms with Crippen molar-refractivity contribution in [3.63, 3.8) is 0 Å². The molecule has 6 nitrogen and oxygen atoms in total. The maximum Gasteiger partial charge on any atom is 0.269 e. The summed E-state index contributed by atoms with van der Waals surface area (Å²) < 4.78 is 0. The Morgan fingerprint density at radius 3 is 3.04 bits per heavy atom. The Morgan fingerprint density at radius 2 is 2.39 bits per heavy atom. The third kappa shape index (κ3) is 3.79. The molecule has 3 N–H and O–H groups in total. The molecule has 0 saturated carbocycles. The Hall–Kier alpha value is -1.73. The number of thiazole rings is 1. The van der Waals surface area contributed by atoms with Gasteiger partial charge in [0.25, 0.3) is 5.91 Å². The van der Waals surface area contributed by atoms with Crippen LogP contribution < -0.4 is 5.73 Å². The molecular formula is C16H23N5OS. The Morgan fingerprint density at radius 1 is 1.57 bits per heavy atom. The summed E-state index contributed by atoms with van der Waals surface area (Å²) >= 11 is 1.74. The monoisotopic (exact) mass is 333 g/mol. The molecule has 124 valence electrons. The molecule has 1 atom stereocenters. The Labute approximate surface area is 140 Å². The molecule has 0 unspecified atom stereocenters. The molecule has 1 amide bonds. The topological polar surface area (TPSA) is 87.9 Å². The number of aromatic nitrogens is 3. The van der Waals surface area contributed by atoms with Crippen LogP contribution in [0.1, 0.15) is 65.4 Å². The van der Waals surface area contributed by atoms with E-state index in [4.69, 9.17) is 10.7 Å². The van der Waals surface area contributed by atoms with E-state index in [1.807, 2.05) is 0 Å². The summed E-state index contributed by atoms with van der Waals surface area (Å²) in [7, 11) is 0. The maximum absolute atomic E-state index is 11.2. The van der Waals surface area contributed by atoms with E-state index in [0.29, 0.717) is 17.5 Å². The van der Waals surface area contributed by atoms with Gasteiger partial charge < -0.3 is 5.73 Å². The average molecular weight is 333 g/mol. The SMILES string of the molecule is CC(C)c1nc(CN2CCC[C@H](c3cc(C(N)=O)n[nH]3)C2)cs1. The number of piperidine rings is 1. The number of carbonyl (C=O) groups excluding carboxylic acids is 1. The smallest absolute Gasteiger partial charge is 0.269 e. The van der Waals surface area contributed by atoms with Crippen LogP contribution in [0.4, 0.5) is 0 Å². The molecule has 0 spiro atoms. The summed E-state index contributed by atoms with van der Waals surface area (Å²) in [5.74, 6) is 0.372. The third-order valence-electron chi connectivity index (χ3n) is 4.24. The van der Waals surface area contributed by atoms with E-state index in [2.05, 4.69) is 34.3 Å². The van der Waals surface area contributed by atoms with Crippen molar-refractivity contribution in [2.24, 2.45) is 5.73 Å². The Bertz CT molecular complexity index is 678. The molecule has 23 heavy (non-hydrogen) atoms. The number of rotatable bonds is 5. The van der Waals surface area contributed by atoms with Gasteiger partial charge in [-0.1, -0.05) is 13.8 Å². The van der Waals surface area contributed by atoms with Crippen LogP contribution >= 0.6 is 11.3 Å². The molecule has 1 aliphatic heterocycles. The number of hydrogen-bond donors (Lipinski definition) is 2. The van der Waals surface area contributed by atoms with Gasteiger partial charge in [0, 0.05) is 36.0 Å². The summed E-state index contributed by atoms with van der Waals surface area (Å²) in [6.07, 6.45) is 2.24. The molecule has 1 aliphatic rings. The zero-order valence-corrected chi connectivity index (χ0v) is 14.4. The van der Waals surface area contributed by atoms with Crippen LogP contribution in [0.2, 0.25) is 0 Å². The largest absolute Gasteiger partial charge is 0.364 e. The fraction of sp³-hybridized carbons (Fsp3) is 0.562. The normalized spacial score (nSPS) is 19.3. The average Bonchev–Trinajstić information content (AvgIpc) is 3.16. The van der Waals surface area contributed by atoms with Crippen molar-refractivity contribution in [3.8, 4) is 0 Å². The van der Waals surface area contributed by atoms with Crippen molar-refractivity contribution in [2.45, 2.75) is 45.1 Å². The highest BCUT2D eigenvalue weighted by atomic mass is 32.1. The predicted octanol–water partition coefficient (Wildman–Crippen LogP) is 2.47. The number of nitrogens with one attached hydrogen (secondary N) is 1. The maximum atomic E-state index is 11.2. The van der Waals surface area contributed by atoms with Gasteiger partial charge in [-0.25, -0.2) is 4.98 Å². The van der Waals surface area contributed by atoms with E-state index in [9.17, 15) is 4.79 Å². The fourth-order valence-corrected chi connectivity index (χ4v) is 3.84. The van der Waals surface area contributed by atoms with Gasteiger partial charge >= 0.3 is 0 Å². The van der Waals surface area contributed by atoms with Crippen LogP contribution in [-0.2, 0) is 6.54 Å².